The van der Waals surface area contributed by atoms with Crippen molar-refractivity contribution in [3.63, 3.8) is 0 Å². The molecule has 0 saturated carbocycles. The Kier molecular flexibility index (Phi) is 4.54. The lowest BCUT2D eigenvalue weighted by Crippen LogP contribution is -2.08. The van der Waals surface area contributed by atoms with E-state index in [1.165, 1.54) is 18.2 Å². The first-order valence-corrected chi connectivity index (χ1v) is 4.78. The summed E-state index contributed by atoms with van der Waals surface area (Å²) in [7, 11) is 0. The minimum atomic E-state index is -0.614. The van der Waals surface area contributed by atoms with Crippen molar-refractivity contribution in [3.05, 3.63) is 48.3 Å². The van der Waals surface area contributed by atoms with Gasteiger partial charge in [0, 0.05) is 0 Å². The number of hydrogen-bond donors (Lipinski definition) is 0. The summed E-state index contributed by atoms with van der Waals surface area (Å²) in [4.78, 5) is 11.3. The molecule has 1 aromatic rings. The number of carbonyl (C=O) groups excluding carboxylic acids is 1. The van der Waals surface area contributed by atoms with Gasteiger partial charge in [-0.2, -0.15) is 0 Å². The smallest absolute Gasteiger partial charge is 0.341 e. The van der Waals surface area contributed by atoms with Crippen LogP contribution in [0.5, 0.6) is 0 Å². The van der Waals surface area contributed by atoms with Crippen LogP contribution in [0.25, 0.3) is 0 Å². The lowest BCUT2D eigenvalue weighted by molar-refractivity contribution is 0.0496. The second-order valence-electron chi connectivity index (χ2n) is 3.05. The summed E-state index contributed by atoms with van der Waals surface area (Å²) in [6, 6.07) is 5.78. The average molecular weight is 208 g/mol. The maximum atomic E-state index is 13.1. The van der Waals surface area contributed by atoms with E-state index in [-0.39, 0.29) is 5.56 Å². The summed E-state index contributed by atoms with van der Waals surface area (Å²) in [6.45, 7) is 3.84. The Hall–Kier alpha value is -1.64. The molecule has 15 heavy (non-hydrogen) atoms. The second-order valence-corrected chi connectivity index (χ2v) is 3.05. The van der Waals surface area contributed by atoms with Crippen LogP contribution in [0.1, 0.15) is 23.2 Å². The Morgan fingerprint density at radius 3 is 2.87 bits per heavy atom. The van der Waals surface area contributed by atoms with Crippen molar-refractivity contribution in [2.75, 3.05) is 6.61 Å². The van der Waals surface area contributed by atoms with Crippen LogP contribution in [0.15, 0.2) is 36.9 Å². The topological polar surface area (TPSA) is 26.3 Å². The summed E-state index contributed by atoms with van der Waals surface area (Å²) in [6.07, 6.45) is 3.24. The summed E-state index contributed by atoms with van der Waals surface area (Å²) < 4.78 is 18.0. The first kappa shape index (κ1) is 11.4. The Bertz CT molecular complexity index is 347. The number of esters is 1. The highest BCUT2D eigenvalue weighted by molar-refractivity contribution is 5.89. The second kappa shape index (κ2) is 5.96. The Morgan fingerprint density at radius 2 is 2.20 bits per heavy atom. The van der Waals surface area contributed by atoms with Crippen molar-refractivity contribution in [1.82, 2.24) is 0 Å². The van der Waals surface area contributed by atoms with Crippen LogP contribution in [0.4, 0.5) is 4.39 Å². The van der Waals surface area contributed by atoms with Gasteiger partial charge >= 0.3 is 5.97 Å². The molecule has 0 aliphatic rings. The standard InChI is InChI=1S/C12H13FO2/c1-2-3-6-9-15-12(14)10-7-4-5-8-11(10)13/h2,4-5,7-8H,1,3,6,9H2. The molecule has 2 nitrogen and oxygen atoms in total. The van der Waals surface area contributed by atoms with E-state index in [9.17, 15) is 9.18 Å². The van der Waals surface area contributed by atoms with E-state index in [0.717, 1.165) is 6.42 Å². The molecule has 0 heterocycles. The van der Waals surface area contributed by atoms with Crippen LogP contribution in [0, 0.1) is 5.82 Å². The van der Waals surface area contributed by atoms with E-state index in [4.69, 9.17) is 4.74 Å². The third kappa shape index (κ3) is 3.54. The quantitative estimate of drug-likeness (QED) is 0.422. The zero-order valence-corrected chi connectivity index (χ0v) is 8.41. The molecule has 0 radical (unpaired) electrons. The average Bonchev–Trinajstić information content (AvgIpc) is 2.25. The van der Waals surface area contributed by atoms with Gasteiger partial charge in [0.2, 0.25) is 0 Å². The maximum Gasteiger partial charge on any atom is 0.341 e. The van der Waals surface area contributed by atoms with E-state index in [1.54, 1.807) is 12.1 Å². The monoisotopic (exact) mass is 208 g/mol. The molecule has 0 aliphatic carbocycles. The lowest BCUT2D eigenvalue weighted by Gasteiger charge is -2.04. The summed E-state index contributed by atoms with van der Waals surface area (Å²) in [5.74, 6) is -1.16. The molecule has 1 aromatic carbocycles. The predicted molar refractivity (Wildman–Crippen MR) is 56.1 cm³/mol. The Labute approximate surface area is 88.4 Å². The molecule has 0 spiro atoms. The molecule has 0 aliphatic heterocycles. The summed E-state index contributed by atoms with van der Waals surface area (Å²) in [5.41, 5.74) is -0.0175. The van der Waals surface area contributed by atoms with E-state index in [0.29, 0.717) is 13.0 Å². The summed E-state index contributed by atoms with van der Waals surface area (Å²) in [5, 5.41) is 0. The van der Waals surface area contributed by atoms with Crippen molar-refractivity contribution in [2.45, 2.75) is 12.8 Å². The Morgan fingerprint density at radius 1 is 1.47 bits per heavy atom. The van der Waals surface area contributed by atoms with E-state index in [2.05, 4.69) is 6.58 Å². The predicted octanol–water partition coefficient (Wildman–Crippen LogP) is 2.95. The van der Waals surface area contributed by atoms with Gasteiger partial charge in [-0.1, -0.05) is 18.2 Å². The number of benzene rings is 1. The van der Waals surface area contributed by atoms with E-state index < -0.39 is 11.8 Å². The Balaban J connectivity index is 2.47. The lowest BCUT2D eigenvalue weighted by atomic mass is 10.2. The molecule has 0 atom stereocenters. The first-order valence-electron chi connectivity index (χ1n) is 4.78. The van der Waals surface area contributed by atoms with Crippen LogP contribution in [-0.4, -0.2) is 12.6 Å². The van der Waals surface area contributed by atoms with E-state index in [1.807, 2.05) is 0 Å². The number of rotatable bonds is 5. The van der Waals surface area contributed by atoms with Crippen LogP contribution in [0.2, 0.25) is 0 Å². The highest BCUT2D eigenvalue weighted by Crippen LogP contribution is 2.08. The zero-order chi connectivity index (χ0) is 11.1. The van der Waals surface area contributed by atoms with Gasteiger partial charge in [0.15, 0.2) is 0 Å². The number of halogens is 1. The van der Waals surface area contributed by atoms with E-state index >= 15 is 0 Å². The molecule has 80 valence electrons. The van der Waals surface area contributed by atoms with Crippen LogP contribution in [0.3, 0.4) is 0 Å². The molecule has 0 saturated heterocycles. The van der Waals surface area contributed by atoms with Crippen molar-refractivity contribution in [3.8, 4) is 0 Å². The molecular weight excluding hydrogens is 195 g/mol. The minimum absolute atomic E-state index is 0.0175. The fraction of sp³-hybridized carbons (Fsp3) is 0.250. The number of hydrogen-bond acceptors (Lipinski definition) is 2. The van der Waals surface area contributed by atoms with Crippen molar-refractivity contribution in [2.24, 2.45) is 0 Å². The minimum Gasteiger partial charge on any atom is -0.462 e. The van der Waals surface area contributed by atoms with Crippen LogP contribution in [-0.2, 0) is 4.74 Å². The number of carbonyl (C=O) groups is 1. The number of allylic oxidation sites excluding steroid dienone is 1. The molecule has 0 unspecified atom stereocenters. The number of ether oxygens (including phenoxy) is 1. The molecule has 0 N–H and O–H groups in total. The van der Waals surface area contributed by atoms with Gasteiger partial charge < -0.3 is 4.74 Å². The van der Waals surface area contributed by atoms with Gasteiger partial charge in [-0.15, -0.1) is 6.58 Å². The fourth-order valence-electron chi connectivity index (χ4n) is 1.10. The molecule has 0 amide bonds. The fourth-order valence-corrected chi connectivity index (χ4v) is 1.10. The van der Waals surface area contributed by atoms with Crippen LogP contribution >= 0.6 is 0 Å². The van der Waals surface area contributed by atoms with Gasteiger partial charge in [-0.3, -0.25) is 0 Å². The van der Waals surface area contributed by atoms with Gasteiger partial charge in [0.1, 0.15) is 5.82 Å². The molecule has 0 fully saturated rings. The van der Waals surface area contributed by atoms with Gasteiger partial charge in [0.05, 0.1) is 12.2 Å². The third-order valence-electron chi connectivity index (χ3n) is 1.88. The highest BCUT2D eigenvalue weighted by atomic mass is 19.1. The van der Waals surface area contributed by atoms with Gasteiger partial charge in [0.25, 0.3) is 0 Å². The summed E-state index contributed by atoms with van der Waals surface area (Å²) >= 11 is 0. The molecule has 1 rings (SSSR count). The zero-order valence-electron chi connectivity index (χ0n) is 8.41. The van der Waals surface area contributed by atoms with Crippen LogP contribution < -0.4 is 0 Å². The first-order chi connectivity index (χ1) is 7.25. The molecule has 0 bridgehead atoms. The van der Waals surface area contributed by atoms with Crippen molar-refractivity contribution < 1.29 is 13.9 Å². The van der Waals surface area contributed by atoms with Crippen molar-refractivity contribution in [1.29, 1.82) is 0 Å². The normalized spacial score (nSPS) is 9.67. The third-order valence-corrected chi connectivity index (χ3v) is 1.88. The molecular formula is C12H13FO2. The maximum absolute atomic E-state index is 13.1. The highest BCUT2D eigenvalue weighted by Gasteiger charge is 2.11. The SMILES string of the molecule is C=CCCCOC(=O)c1ccccc1F. The van der Waals surface area contributed by atoms with Gasteiger partial charge in [-0.25, -0.2) is 9.18 Å². The van der Waals surface area contributed by atoms with Gasteiger partial charge in [-0.05, 0) is 25.0 Å². The molecule has 3 heteroatoms. The largest absolute Gasteiger partial charge is 0.462 e. The number of unbranched alkanes of at least 4 members (excludes halogenated alkanes) is 1. The van der Waals surface area contributed by atoms with Crippen molar-refractivity contribution >= 4 is 5.97 Å². The molecule has 0 aromatic heterocycles.